The number of ether oxygens (including phenoxy) is 2. The molecule has 0 aliphatic carbocycles. The van der Waals surface area contributed by atoms with Gasteiger partial charge >= 0.3 is 6.09 Å². The highest BCUT2D eigenvalue weighted by atomic mass is 16.6. The third-order valence-electron chi connectivity index (χ3n) is 4.51. The SMILES string of the molecule is CC(C)(C)OC(=O)N1CCOC(C2(C)NCCc3occc32)C1. The highest BCUT2D eigenvalue weighted by Gasteiger charge is 2.44. The normalized spacial score (nSPS) is 28.3. The summed E-state index contributed by atoms with van der Waals surface area (Å²) >= 11 is 0. The van der Waals surface area contributed by atoms with Crippen LogP contribution in [0.15, 0.2) is 16.7 Å². The number of morpholine rings is 1. The Hall–Kier alpha value is -1.53. The molecule has 1 fully saturated rings. The molecule has 23 heavy (non-hydrogen) atoms. The number of furan rings is 1. The molecule has 2 aliphatic rings. The Bertz CT molecular complexity index is 577. The molecule has 0 spiro atoms. The van der Waals surface area contributed by atoms with Crippen molar-refractivity contribution in [3.05, 3.63) is 23.7 Å². The van der Waals surface area contributed by atoms with Gasteiger partial charge in [0.1, 0.15) is 11.4 Å². The molecule has 0 bridgehead atoms. The third kappa shape index (κ3) is 3.23. The van der Waals surface area contributed by atoms with Crippen LogP contribution in [0.25, 0.3) is 0 Å². The van der Waals surface area contributed by atoms with Crippen molar-refractivity contribution in [2.75, 3.05) is 26.2 Å². The third-order valence-corrected chi connectivity index (χ3v) is 4.51. The van der Waals surface area contributed by atoms with Crippen molar-refractivity contribution in [1.82, 2.24) is 10.2 Å². The lowest BCUT2D eigenvalue weighted by molar-refractivity contribution is -0.0788. The van der Waals surface area contributed by atoms with Crippen molar-refractivity contribution < 1.29 is 18.7 Å². The molecule has 3 heterocycles. The summed E-state index contributed by atoms with van der Waals surface area (Å²) in [6.07, 6.45) is 2.18. The van der Waals surface area contributed by atoms with Gasteiger partial charge in [-0.1, -0.05) is 0 Å². The average molecular weight is 322 g/mol. The highest BCUT2D eigenvalue weighted by molar-refractivity contribution is 5.68. The lowest BCUT2D eigenvalue weighted by Crippen LogP contribution is -2.60. The molecular formula is C17H26N2O4. The summed E-state index contributed by atoms with van der Waals surface area (Å²) < 4.78 is 17.1. The number of nitrogens with zero attached hydrogens (tertiary/aromatic N) is 1. The summed E-state index contributed by atoms with van der Waals surface area (Å²) in [7, 11) is 0. The van der Waals surface area contributed by atoms with Gasteiger partial charge in [0.25, 0.3) is 0 Å². The monoisotopic (exact) mass is 322 g/mol. The van der Waals surface area contributed by atoms with E-state index in [9.17, 15) is 4.79 Å². The predicted molar refractivity (Wildman–Crippen MR) is 85.3 cm³/mol. The van der Waals surface area contributed by atoms with Gasteiger partial charge in [0, 0.05) is 25.1 Å². The van der Waals surface area contributed by atoms with Crippen LogP contribution < -0.4 is 5.32 Å². The first-order chi connectivity index (χ1) is 10.8. The molecular weight excluding hydrogens is 296 g/mol. The zero-order chi connectivity index (χ0) is 16.7. The van der Waals surface area contributed by atoms with Gasteiger partial charge in [0.05, 0.1) is 31.1 Å². The Labute approximate surface area is 137 Å². The molecule has 128 valence electrons. The summed E-state index contributed by atoms with van der Waals surface area (Å²) in [5.74, 6) is 1.00. The minimum Gasteiger partial charge on any atom is -0.469 e. The molecule has 1 aromatic rings. The fraction of sp³-hybridized carbons (Fsp3) is 0.706. The van der Waals surface area contributed by atoms with E-state index in [1.807, 2.05) is 26.8 Å². The smallest absolute Gasteiger partial charge is 0.410 e. The maximum Gasteiger partial charge on any atom is 0.410 e. The van der Waals surface area contributed by atoms with Gasteiger partial charge in [0.2, 0.25) is 0 Å². The molecule has 2 atom stereocenters. The van der Waals surface area contributed by atoms with Crippen LogP contribution in [0.2, 0.25) is 0 Å². The molecule has 1 aromatic heterocycles. The van der Waals surface area contributed by atoms with E-state index >= 15 is 0 Å². The quantitative estimate of drug-likeness (QED) is 0.859. The predicted octanol–water partition coefficient (Wildman–Crippen LogP) is 2.28. The molecule has 0 radical (unpaired) electrons. The Morgan fingerprint density at radius 3 is 3.00 bits per heavy atom. The average Bonchev–Trinajstić information content (AvgIpc) is 2.96. The van der Waals surface area contributed by atoms with Crippen LogP contribution in [0.1, 0.15) is 39.0 Å². The van der Waals surface area contributed by atoms with Gasteiger partial charge in [-0.05, 0) is 33.8 Å². The maximum absolute atomic E-state index is 12.4. The second kappa shape index (κ2) is 5.83. The number of fused-ring (bicyclic) bond motifs is 1. The van der Waals surface area contributed by atoms with Crippen LogP contribution in [0, 0.1) is 0 Å². The molecule has 2 unspecified atom stereocenters. The molecule has 1 N–H and O–H groups in total. The van der Waals surface area contributed by atoms with E-state index in [0.717, 1.165) is 24.3 Å². The lowest BCUT2D eigenvalue weighted by atomic mass is 9.82. The van der Waals surface area contributed by atoms with Crippen molar-refractivity contribution in [3.8, 4) is 0 Å². The molecule has 2 aliphatic heterocycles. The van der Waals surface area contributed by atoms with E-state index in [1.54, 1.807) is 11.2 Å². The van der Waals surface area contributed by atoms with Crippen LogP contribution in [0.5, 0.6) is 0 Å². The summed E-state index contributed by atoms with van der Waals surface area (Å²) in [5, 5.41) is 3.55. The summed E-state index contributed by atoms with van der Waals surface area (Å²) in [6.45, 7) is 10.2. The number of nitrogens with one attached hydrogen (secondary N) is 1. The summed E-state index contributed by atoms with van der Waals surface area (Å²) in [5.41, 5.74) is 0.274. The van der Waals surface area contributed by atoms with E-state index in [1.165, 1.54) is 0 Å². The van der Waals surface area contributed by atoms with E-state index in [4.69, 9.17) is 13.9 Å². The maximum atomic E-state index is 12.4. The number of carbonyl (C=O) groups excluding carboxylic acids is 1. The number of hydrogen-bond acceptors (Lipinski definition) is 5. The van der Waals surface area contributed by atoms with Crippen LogP contribution in [0.4, 0.5) is 4.79 Å². The first-order valence-corrected chi connectivity index (χ1v) is 8.21. The Balaban J connectivity index is 1.76. The first-order valence-electron chi connectivity index (χ1n) is 8.21. The van der Waals surface area contributed by atoms with Crippen molar-refractivity contribution in [2.24, 2.45) is 0 Å². The fourth-order valence-corrected chi connectivity index (χ4v) is 3.31. The molecule has 6 nitrogen and oxygen atoms in total. The van der Waals surface area contributed by atoms with Crippen molar-refractivity contribution in [1.29, 1.82) is 0 Å². The number of hydrogen-bond donors (Lipinski definition) is 1. The molecule has 1 saturated heterocycles. The summed E-state index contributed by atoms with van der Waals surface area (Å²) in [6, 6.07) is 2.00. The van der Waals surface area contributed by atoms with Crippen molar-refractivity contribution in [2.45, 2.75) is 51.4 Å². The van der Waals surface area contributed by atoms with Crippen LogP contribution in [-0.2, 0) is 21.4 Å². The standard InChI is InChI=1S/C17H26N2O4/c1-16(2,3)23-15(20)19-8-10-22-14(11-19)17(4)12-6-9-21-13(12)5-7-18-17/h6,9,14,18H,5,7-8,10-11H2,1-4H3. The molecule has 6 heteroatoms. The van der Waals surface area contributed by atoms with Crippen LogP contribution >= 0.6 is 0 Å². The second-order valence-corrected chi connectivity index (χ2v) is 7.42. The van der Waals surface area contributed by atoms with Gasteiger partial charge in [-0.25, -0.2) is 4.79 Å². The molecule has 3 rings (SSSR count). The minimum atomic E-state index is -0.490. The number of rotatable bonds is 1. The number of carbonyl (C=O) groups is 1. The molecule has 0 aromatic carbocycles. The van der Waals surface area contributed by atoms with E-state index in [-0.39, 0.29) is 17.7 Å². The van der Waals surface area contributed by atoms with Crippen LogP contribution in [-0.4, -0.2) is 48.9 Å². The molecule has 0 saturated carbocycles. The zero-order valence-electron chi connectivity index (χ0n) is 14.3. The lowest BCUT2D eigenvalue weighted by Gasteiger charge is -2.45. The Morgan fingerprint density at radius 1 is 1.48 bits per heavy atom. The van der Waals surface area contributed by atoms with E-state index in [2.05, 4.69) is 12.2 Å². The van der Waals surface area contributed by atoms with Gasteiger partial charge < -0.3 is 24.1 Å². The van der Waals surface area contributed by atoms with Gasteiger partial charge in [-0.2, -0.15) is 0 Å². The largest absolute Gasteiger partial charge is 0.469 e. The van der Waals surface area contributed by atoms with Gasteiger partial charge in [-0.3, -0.25) is 0 Å². The summed E-state index contributed by atoms with van der Waals surface area (Å²) in [4.78, 5) is 14.1. The van der Waals surface area contributed by atoms with E-state index in [0.29, 0.717) is 19.7 Å². The fourth-order valence-electron chi connectivity index (χ4n) is 3.31. The van der Waals surface area contributed by atoms with Crippen molar-refractivity contribution >= 4 is 6.09 Å². The van der Waals surface area contributed by atoms with Gasteiger partial charge in [0.15, 0.2) is 0 Å². The topological polar surface area (TPSA) is 63.9 Å². The highest BCUT2D eigenvalue weighted by Crippen LogP contribution is 2.35. The van der Waals surface area contributed by atoms with E-state index < -0.39 is 5.60 Å². The first kappa shape index (κ1) is 16.3. The minimum absolute atomic E-state index is 0.139. The molecule has 1 amide bonds. The second-order valence-electron chi connectivity index (χ2n) is 7.42. The Morgan fingerprint density at radius 2 is 2.26 bits per heavy atom. The number of amides is 1. The zero-order valence-corrected chi connectivity index (χ0v) is 14.3. The van der Waals surface area contributed by atoms with Crippen molar-refractivity contribution in [3.63, 3.8) is 0 Å². The van der Waals surface area contributed by atoms with Gasteiger partial charge in [-0.15, -0.1) is 0 Å². The van der Waals surface area contributed by atoms with Crippen LogP contribution in [0.3, 0.4) is 0 Å². The Kier molecular flexibility index (Phi) is 4.14.